The minimum atomic E-state index is 0.733. The van der Waals surface area contributed by atoms with Gasteiger partial charge in [-0.05, 0) is 44.9 Å². The van der Waals surface area contributed by atoms with Gasteiger partial charge in [-0.15, -0.1) is 0 Å². The lowest BCUT2D eigenvalue weighted by Crippen LogP contribution is -1.91. The van der Waals surface area contributed by atoms with Crippen LogP contribution in [-0.4, -0.2) is 13.7 Å². The van der Waals surface area contributed by atoms with Gasteiger partial charge in [-0.1, -0.05) is 103 Å². The van der Waals surface area contributed by atoms with Gasteiger partial charge in [0.15, 0.2) is 0 Å². The van der Waals surface area contributed by atoms with Gasteiger partial charge >= 0.3 is 0 Å². The molecule has 27 heavy (non-hydrogen) atoms. The summed E-state index contributed by atoms with van der Waals surface area (Å²) in [6.45, 7) is 7.38. The second-order valence-corrected chi connectivity index (χ2v) is 7.24. The van der Waals surface area contributed by atoms with E-state index in [1.54, 1.807) is 7.11 Å². The molecule has 0 aromatic rings. The summed E-state index contributed by atoms with van der Waals surface area (Å²) in [5.41, 5.74) is 0. The van der Waals surface area contributed by atoms with Crippen LogP contribution in [0, 0.1) is 0 Å². The molecule has 0 atom stereocenters. The predicted molar refractivity (Wildman–Crippen MR) is 122 cm³/mol. The highest BCUT2D eigenvalue weighted by Crippen LogP contribution is 2.09. The molecule has 0 aliphatic carbocycles. The first-order valence-corrected chi connectivity index (χ1v) is 11.8. The van der Waals surface area contributed by atoms with Crippen LogP contribution in [0.3, 0.4) is 0 Å². The lowest BCUT2D eigenvalue weighted by molar-refractivity contribution is -0.272. The number of rotatable bonds is 19. The van der Waals surface area contributed by atoms with Crippen LogP contribution in [-0.2, 0) is 9.78 Å². The zero-order chi connectivity index (χ0) is 20.3. The molecule has 0 amide bonds. The molecule has 0 unspecified atom stereocenters. The fraction of sp³-hybridized carbons (Fsp3) is 0.840. The second kappa shape index (κ2) is 30.1. The van der Waals surface area contributed by atoms with Crippen LogP contribution in [0.2, 0.25) is 0 Å². The van der Waals surface area contributed by atoms with E-state index in [0.29, 0.717) is 0 Å². The van der Waals surface area contributed by atoms with Crippen LogP contribution < -0.4 is 0 Å². The molecule has 0 bridgehead atoms. The Morgan fingerprint density at radius 1 is 0.519 bits per heavy atom. The van der Waals surface area contributed by atoms with Gasteiger partial charge in [-0.2, -0.15) is 0 Å². The molecule has 0 saturated carbocycles. The van der Waals surface area contributed by atoms with Crippen molar-refractivity contribution in [3.63, 3.8) is 0 Å². The lowest BCUT2D eigenvalue weighted by Gasteiger charge is -1.99. The Kier molecular flexibility index (Phi) is 31.9. The molecule has 0 N–H and O–H groups in total. The number of hydrogen-bond donors (Lipinski definition) is 0. The normalized spacial score (nSPS) is 11.3. The summed E-state index contributed by atoms with van der Waals surface area (Å²) in [6, 6.07) is 0. The van der Waals surface area contributed by atoms with E-state index in [0.717, 1.165) is 13.0 Å². The maximum absolute atomic E-state index is 4.68. The van der Waals surface area contributed by atoms with Crippen molar-refractivity contribution in [1.29, 1.82) is 0 Å². The largest absolute Gasteiger partial charge is 0.240 e. The van der Waals surface area contributed by atoms with E-state index in [-0.39, 0.29) is 0 Å². The Labute approximate surface area is 171 Å². The average molecular weight is 383 g/mol. The third-order valence-electron chi connectivity index (χ3n) is 4.48. The molecule has 0 aliphatic rings. The highest BCUT2D eigenvalue weighted by molar-refractivity contribution is 4.81. The summed E-state index contributed by atoms with van der Waals surface area (Å²) in [7, 11) is 1.54. The fourth-order valence-corrected chi connectivity index (χ4v) is 2.74. The highest BCUT2D eigenvalue weighted by atomic mass is 17.2. The van der Waals surface area contributed by atoms with Gasteiger partial charge in [0.1, 0.15) is 0 Å². The van der Waals surface area contributed by atoms with E-state index in [2.05, 4.69) is 54.9 Å². The van der Waals surface area contributed by atoms with Crippen molar-refractivity contribution in [2.75, 3.05) is 13.7 Å². The summed E-state index contributed by atoms with van der Waals surface area (Å²) in [6.07, 6.45) is 30.5. The Hall–Kier alpha value is -0.600. The Bertz CT molecular complexity index is 278. The van der Waals surface area contributed by atoms with Crippen LogP contribution >= 0.6 is 0 Å². The molecule has 0 aromatic carbocycles. The summed E-state index contributed by atoms with van der Waals surface area (Å²) < 4.78 is 0. The molecule has 0 aromatic heterocycles. The van der Waals surface area contributed by atoms with Gasteiger partial charge < -0.3 is 0 Å². The maximum atomic E-state index is 4.68. The summed E-state index contributed by atoms with van der Waals surface area (Å²) in [5, 5.41) is 0. The molecule has 0 radical (unpaired) electrons. The van der Waals surface area contributed by atoms with Crippen molar-refractivity contribution < 1.29 is 9.78 Å². The number of unbranched alkanes of at least 4 members (excludes halogenated alkanes) is 12. The van der Waals surface area contributed by atoms with E-state index < -0.39 is 0 Å². The summed E-state index contributed by atoms with van der Waals surface area (Å²) in [5.74, 6) is 0. The van der Waals surface area contributed by atoms with E-state index >= 15 is 0 Å². The van der Waals surface area contributed by atoms with Gasteiger partial charge in [0.2, 0.25) is 0 Å². The zero-order valence-electron chi connectivity index (χ0n) is 19.1. The summed E-state index contributed by atoms with van der Waals surface area (Å²) >= 11 is 0. The van der Waals surface area contributed by atoms with Crippen molar-refractivity contribution in [2.24, 2.45) is 0 Å². The highest BCUT2D eigenvalue weighted by Gasteiger charge is 1.90. The molecule has 0 spiro atoms. The van der Waals surface area contributed by atoms with Crippen LogP contribution in [0.4, 0.5) is 0 Å². The quantitative estimate of drug-likeness (QED) is 0.0960. The molecular weight excluding hydrogens is 332 g/mol. The van der Waals surface area contributed by atoms with Gasteiger partial charge in [-0.25, -0.2) is 9.78 Å². The van der Waals surface area contributed by atoms with Gasteiger partial charge in [-0.3, -0.25) is 0 Å². The second-order valence-electron chi connectivity index (χ2n) is 7.24. The van der Waals surface area contributed by atoms with Crippen LogP contribution in [0.5, 0.6) is 0 Å². The van der Waals surface area contributed by atoms with E-state index in [9.17, 15) is 0 Å². The Balaban J connectivity index is 0. The fourth-order valence-electron chi connectivity index (χ4n) is 2.74. The van der Waals surface area contributed by atoms with E-state index in [1.807, 2.05) is 0 Å². The molecular formula is C25H50O2. The Morgan fingerprint density at radius 2 is 1.00 bits per heavy atom. The predicted octanol–water partition coefficient (Wildman–Crippen LogP) is 8.96. The Morgan fingerprint density at radius 3 is 1.52 bits per heavy atom. The molecule has 0 heterocycles. The lowest BCUT2D eigenvalue weighted by atomic mass is 10.1. The molecule has 2 heteroatoms. The van der Waals surface area contributed by atoms with Crippen molar-refractivity contribution in [3.8, 4) is 0 Å². The van der Waals surface area contributed by atoms with E-state index in [1.165, 1.54) is 96.3 Å². The standard InChI is InChI=1S/C18H34.C7H16O2/c1-3-5-7-9-11-13-15-17-18-16-14-12-10-8-6-4-2;1-3-4-5-6-7-9-8-2/h5,7,10,12H,3-4,6,8-9,11,13-18H2,1-2H3;3-7H2,1-2H3/b7-5-,12-10-;. The van der Waals surface area contributed by atoms with Gasteiger partial charge in [0, 0.05) is 0 Å². The van der Waals surface area contributed by atoms with Crippen LogP contribution in [0.1, 0.15) is 124 Å². The maximum Gasteiger partial charge on any atom is 0.0822 e. The first-order valence-electron chi connectivity index (χ1n) is 11.8. The minimum Gasteiger partial charge on any atom is -0.240 e. The SMILES string of the molecule is CC/C=C\CCCCCCCC/C=C\CCCC.CCCCCCOOC. The van der Waals surface area contributed by atoms with Crippen LogP contribution in [0.15, 0.2) is 24.3 Å². The van der Waals surface area contributed by atoms with E-state index in [4.69, 9.17) is 0 Å². The van der Waals surface area contributed by atoms with Gasteiger partial charge in [0.05, 0.1) is 13.7 Å². The molecule has 162 valence electrons. The monoisotopic (exact) mass is 382 g/mol. The third-order valence-corrected chi connectivity index (χ3v) is 4.48. The molecule has 0 saturated heterocycles. The smallest absolute Gasteiger partial charge is 0.0822 e. The third kappa shape index (κ3) is 33.4. The van der Waals surface area contributed by atoms with Crippen molar-refractivity contribution in [3.05, 3.63) is 24.3 Å². The summed E-state index contributed by atoms with van der Waals surface area (Å²) in [4.78, 5) is 9.10. The van der Waals surface area contributed by atoms with Crippen molar-refractivity contribution in [1.82, 2.24) is 0 Å². The molecule has 0 rings (SSSR count). The molecule has 0 fully saturated rings. The zero-order valence-corrected chi connectivity index (χ0v) is 19.1. The number of hydrogen-bond acceptors (Lipinski definition) is 2. The van der Waals surface area contributed by atoms with Crippen molar-refractivity contribution in [2.45, 2.75) is 124 Å². The average Bonchev–Trinajstić information content (AvgIpc) is 2.69. The molecule has 0 aliphatic heterocycles. The first-order chi connectivity index (χ1) is 13.3. The number of allylic oxidation sites excluding steroid dienone is 4. The van der Waals surface area contributed by atoms with Gasteiger partial charge in [0.25, 0.3) is 0 Å². The topological polar surface area (TPSA) is 18.5 Å². The van der Waals surface area contributed by atoms with Crippen molar-refractivity contribution >= 4 is 0 Å². The molecule has 2 nitrogen and oxygen atoms in total. The first kappa shape index (κ1) is 28.6. The minimum absolute atomic E-state index is 0.733. The van der Waals surface area contributed by atoms with Crippen LogP contribution in [0.25, 0.3) is 0 Å².